The van der Waals surface area contributed by atoms with Gasteiger partial charge in [0.15, 0.2) is 11.6 Å². The third-order valence-electron chi connectivity index (χ3n) is 9.01. The van der Waals surface area contributed by atoms with Crippen LogP contribution >= 0.6 is 0 Å². The van der Waals surface area contributed by atoms with E-state index in [-0.39, 0.29) is 28.0 Å². The van der Waals surface area contributed by atoms with Gasteiger partial charge in [-0.15, -0.1) is 0 Å². The Labute approximate surface area is 223 Å². The lowest BCUT2D eigenvalue weighted by atomic mass is 9.71. The van der Waals surface area contributed by atoms with E-state index in [1.54, 1.807) is 30.3 Å². The highest BCUT2D eigenvalue weighted by atomic mass is 16.2. The molecule has 4 aromatic rings. The van der Waals surface area contributed by atoms with Gasteiger partial charge in [0, 0.05) is 40.4 Å². The van der Waals surface area contributed by atoms with Crippen LogP contribution in [-0.2, 0) is 10.8 Å². The first-order valence-electron chi connectivity index (χ1n) is 13.2. The number of fused-ring (bicyclic) bond motifs is 6. The molecule has 3 nitrogen and oxygen atoms in total. The van der Waals surface area contributed by atoms with E-state index >= 15 is 0 Å². The van der Waals surface area contributed by atoms with E-state index in [0.29, 0.717) is 11.1 Å². The Morgan fingerprint density at radius 2 is 1.16 bits per heavy atom. The second-order valence-electron chi connectivity index (χ2n) is 11.8. The molecule has 0 bridgehead atoms. The summed E-state index contributed by atoms with van der Waals surface area (Å²) in [6, 6.07) is 26.9. The summed E-state index contributed by atoms with van der Waals surface area (Å²) in [6.45, 7) is 9.18. The average Bonchev–Trinajstić information content (AvgIpc) is 3.29. The van der Waals surface area contributed by atoms with E-state index in [4.69, 9.17) is 0 Å². The van der Waals surface area contributed by atoms with Gasteiger partial charge in [-0.25, -0.2) is 0 Å². The summed E-state index contributed by atoms with van der Waals surface area (Å²) in [5, 5.41) is 0. The summed E-state index contributed by atoms with van der Waals surface area (Å²) in [7, 11) is 2.13. The Kier molecular flexibility index (Phi) is 4.47. The lowest BCUT2D eigenvalue weighted by Crippen LogP contribution is -2.31. The predicted octanol–water partition coefficient (Wildman–Crippen LogP) is 7.86. The molecule has 0 N–H and O–H groups in total. The summed E-state index contributed by atoms with van der Waals surface area (Å²) >= 11 is 0. The largest absolute Gasteiger partial charge is 0.344 e. The van der Waals surface area contributed by atoms with Crippen LogP contribution in [0, 0.1) is 0 Å². The highest BCUT2D eigenvalue weighted by Crippen LogP contribution is 2.55. The molecule has 0 fully saturated rings. The van der Waals surface area contributed by atoms with E-state index < -0.39 is 0 Å². The molecule has 0 unspecified atom stereocenters. The molecule has 0 amide bonds. The molecule has 0 atom stereocenters. The fourth-order valence-electron chi connectivity index (χ4n) is 6.80. The number of carbonyl (C=O) groups is 2. The van der Waals surface area contributed by atoms with Crippen LogP contribution in [0.3, 0.4) is 0 Å². The van der Waals surface area contributed by atoms with Gasteiger partial charge in [-0.3, -0.25) is 9.59 Å². The number of allylic oxidation sites excluding steroid dienone is 1. The zero-order valence-corrected chi connectivity index (χ0v) is 22.3. The molecule has 7 rings (SSSR count). The minimum Gasteiger partial charge on any atom is -0.344 e. The fourth-order valence-corrected chi connectivity index (χ4v) is 6.80. The molecule has 0 saturated carbocycles. The smallest absolute Gasteiger partial charge is 0.197 e. The van der Waals surface area contributed by atoms with Gasteiger partial charge in [-0.1, -0.05) is 82.3 Å². The summed E-state index contributed by atoms with van der Waals surface area (Å²) < 4.78 is 0. The Morgan fingerprint density at radius 1 is 0.579 bits per heavy atom. The van der Waals surface area contributed by atoms with Crippen LogP contribution in [0.4, 0.5) is 11.4 Å². The lowest BCUT2D eigenvalue weighted by Gasteiger charge is -2.41. The third-order valence-corrected chi connectivity index (χ3v) is 9.01. The highest BCUT2D eigenvalue weighted by Gasteiger charge is 2.41. The Hall–Kier alpha value is -4.24. The van der Waals surface area contributed by atoms with Crippen molar-refractivity contribution in [2.45, 2.75) is 38.5 Å². The molecule has 0 saturated heterocycles. The van der Waals surface area contributed by atoms with Gasteiger partial charge >= 0.3 is 0 Å². The van der Waals surface area contributed by atoms with Crippen molar-refractivity contribution in [1.29, 1.82) is 0 Å². The number of hydrogen-bond donors (Lipinski definition) is 0. The maximum atomic E-state index is 13.0. The third kappa shape index (κ3) is 2.85. The van der Waals surface area contributed by atoms with E-state index in [0.717, 1.165) is 11.3 Å². The molecule has 1 aliphatic heterocycles. The fraction of sp³-hybridized carbons (Fsp3) is 0.200. The average molecular weight is 496 g/mol. The first-order valence-corrected chi connectivity index (χ1v) is 13.2. The number of anilines is 2. The van der Waals surface area contributed by atoms with Crippen molar-refractivity contribution < 1.29 is 9.59 Å². The summed E-state index contributed by atoms with van der Waals surface area (Å²) in [4.78, 5) is 28.3. The molecule has 3 aliphatic rings. The number of ketones is 2. The zero-order chi connectivity index (χ0) is 26.6. The Bertz CT molecular complexity index is 1730. The standard InChI is InChI=1S/C35H29NO2/c1-34(2)26-13-9-8-10-21(26)24-18-29-31(19-27(24)34)36(5)30-15-14-20(17-28(30)35(29,3)4)16-25-32(37)22-11-6-7-12-23(22)33(25)38/h6-19H,1-5H3. The van der Waals surface area contributed by atoms with Crippen molar-refractivity contribution in [3.8, 4) is 11.1 Å². The molecule has 1 heterocycles. The van der Waals surface area contributed by atoms with Gasteiger partial charge < -0.3 is 4.90 Å². The van der Waals surface area contributed by atoms with Crippen LogP contribution in [0.25, 0.3) is 17.2 Å². The quantitative estimate of drug-likeness (QED) is 0.199. The summed E-state index contributed by atoms with van der Waals surface area (Å²) in [5.74, 6) is -0.385. The monoisotopic (exact) mass is 495 g/mol. The van der Waals surface area contributed by atoms with Gasteiger partial charge in [0.25, 0.3) is 0 Å². The maximum absolute atomic E-state index is 13.0. The van der Waals surface area contributed by atoms with Gasteiger partial charge in [-0.2, -0.15) is 0 Å². The van der Waals surface area contributed by atoms with Crippen molar-refractivity contribution >= 4 is 29.0 Å². The van der Waals surface area contributed by atoms with Gasteiger partial charge in [0.1, 0.15) is 0 Å². The van der Waals surface area contributed by atoms with Crippen molar-refractivity contribution in [2.75, 3.05) is 11.9 Å². The first-order chi connectivity index (χ1) is 18.1. The van der Waals surface area contributed by atoms with E-state index in [2.05, 4.69) is 88.2 Å². The Morgan fingerprint density at radius 3 is 1.84 bits per heavy atom. The number of hydrogen-bond acceptors (Lipinski definition) is 3. The van der Waals surface area contributed by atoms with E-state index in [1.807, 2.05) is 6.07 Å². The molecular weight excluding hydrogens is 466 g/mol. The molecule has 38 heavy (non-hydrogen) atoms. The molecule has 0 spiro atoms. The zero-order valence-electron chi connectivity index (χ0n) is 22.3. The lowest BCUT2D eigenvalue weighted by molar-refractivity contribution is 0.0990. The number of nitrogens with zero attached hydrogens (tertiary/aromatic N) is 1. The van der Waals surface area contributed by atoms with Crippen molar-refractivity contribution in [2.24, 2.45) is 0 Å². The minimum atomic E-state index is -0.269. The molecule has 3 heteroatoms. The topological polar surface area (TPSA) is 37.4 Å². The van der Waals surface area contributed by atoms with Crippen molar-refractivity contribution in [3.63, 3.8) is 0 Å². The summed E-state index contributed by atoms with van der Waals surface area (Å²) in [5.41, 5.74) is 12.0. The normalized spacial score (nSPS) is 17.5. The van der Waals surface area contributed by atoms with Gasteiger partial charge in [0.2, 0.25) is 0 Å². The number of carbonyl (C=O) groups excluding carboxylic acids is 2. The van der Waals surface area contributed by atoms with Gasteiger partial charge in [-0.05, 0) is 69.3 Å². The number of rotatable bonds is 1. The molecule has 186 valence electrons. The van der Waals surface area contributed by atoms with Crippen LogP contribution < -0.4 is 4.90 Å². The molecule has 0 aromatic heterocycles. The molecule has 4 aromatic carbocycles. The van der Waals surface area contributed by atoms with Crippen LogP contribution in [-0.4, -0.2) is 18.6 Å². The van der Waals surface area contributed by atoms with Crippen LogP contribution in [0.5, 0.6) is 0 Å². The first kappa shape index (κ1) is 22.9. The minimum absolute atomic E-state index is 0.0554. The number of benzene rings is 4. The predicted molar refractivity (Wildman–Crippen MR) is 154 cm³/mol. The van der Waals surface area contributed by atoms with E-state index in [9.17, 15) is 9.59 Å². The van der Waals surface area contributed by atoms with Gasteiger partial charge in [0.05, 0.1) is 5.57 Å². The Balaban J connectivity index is 1.37. The van der Waals surface area contributed by atoms with E-state index in [1.165, 1.54) is 39.1 Å². The summed E-state index contributed by atoms with van der Waals surface area (Å²) in [6.07, 6.45) is 1.76. The molecule has 2 aliphatic carbocycles. The highest BCUT2D eigenvalue weighted by molar-refractivity contribution is 6.41. The SMILES string of the molecule is CN1c2ccc(C=C3C(=O)c4ccccc4C3=O)cc2C(C)(C)c2cc3c(cc21)C(C)(C)c1ccccc1-3. The van der Waals surface area contributed by atoms with Crippen molar-refractivity contribution in [1.82, 2.24) is 0 Å². The van der Waals surface area contributed by atoms with Crippen LogP contribution in [0.15, 0.2) is 84.4 Å². The maximum Gasteiger partial charge on any atom is 0.197 e. The van der Waals surface area contributed by atoms with Crippen LogP contribution in [0.2, 0.25) is 0 Å². The second kappa shape index (κ2) is 7.41. The number of Topliss-reactive ketones (excluding diaryl/α,β-unsaturated/α-hetero) is 2. The van der Waals surface area contributed by atoms with Crippen molar-refractivity contribution in [3.05, 3.63) is 123 Å². The van der Waals surface area contributed by atoms with Crippen LogP contribution in [0.1, 0.15) is 76.2 Å². The second-order valence-corrected chi connectivity index (χ2v) is 11.8. The molecule has 0 radical (unpaired) electrons. The molecular formula is C35H29NO2.